The monoisotopic (exact) mass is 217 g/mol. The van der Waals surface area contributed by atoms with Crippen molar-refractivity contribution >= 4 is 17.6 Å². The predicted octanol–water partition coefficient (Wildman–Crippen LogP) is 2.94. The van der Waals surface area contributed by atoms with Crippen LogP contribution in [-0.2, 0) is 4.74 Å². The molecule has 0 radical (unpaired) electrons. The van der Waals surface area contributed by atoms with Crippen LogP contribution in [0.25, 0.3) is 0 Å². The lowest BCUT2D eigenvalue weighted by molar-refractivity contribution is 0.112. The van der Waals surface area contributed by atoms with Gasteiger partial charge in [-0.25, -0.2) is 4.98 Å². The molecule has 3 nitrogen and oxygen atoms in total. The Balaban J connectivity index is 0. The van der Waals surface area contributed by atoms with Crippen LogP contribution in [0, 0.1) is 6.92 Å². The van der Waals surface area contributed by atoms with Gasteiger partial charge >= 0.3 is 0 Å². The van der Waals surface area contributed by atoms with Crippen molar-refractivity contribution in [2.75, 3.05) is 13.7 Å². The summed E-state index contributed by atoms with van der Waals surface area (Å²) in [5.74, 6) is 0. The number of hydrogen-bond acceptors (Lipinski definition) is 4. The van der Waals surface area contributed by atoms with Gasteiger partial charge in [-0.3, -0.25) is 4.79 Å². The van der Waals surface area contributed by atoms with E-state index in [4.69, 9.17) is 0 Å². The molecular formula is C10H19NO2S. The third kappa shape index (κ3) is 9.35. The van der Waals surface area contributed by atoms with Gasteiger partial charge in [-0.2, -0.15) is 0 Å². The first-order valence-corrected chi connectivity index (χ1v) is 5.42. The second kappa shape index (κ2) is 12.3. The summed E-state index contributed by atoms with van der Waals surface area (Å²) in [7, 11) is 1.68. The summed E-state index contributed by atoms with van der Waals surface area (Å²) in [4.78, 5) is 14.6. The van der Waals surface area contributed by atoms with Gasteiger partial charge in [0.25, 0.3) is 0 Å². The van der Waals surface area contributed by atoms with Gasteiger partial charge in [0, 0.05) is 19.9 Å². The van der Waals surface area contributed by atoms with Gasteiger partial charge in [0.15, 0.2) is 6.29 Å². The largest absolute Gasteiger partial charge is 0.385 e. The molecule has 0 aliphatic heterocycles. The fraction of sp³-hybridized carbons (Fsp3) is 0.600. The van der Waals surface area contributed by atoms with Crippen molar-refractivity contribution in [3.63, 3.8) is 0 Å². The zero-order valence-corrected chi connectivity index (χ0v) is 10.4. The molecule has 0 bridgehead atoms. The van der Waals surface area contributed by atoms with Crippen LogP contribution in [-0.4, -0.2) is 25.0 Å². The van der Waals surface area contributed by atoms with E-state index in [1.807, 2.05) is 27.7 Å². The topological polar surface area (TPSA) is 39.2 Å². The van der Waals surface area contributed by atoms with Crippen LogP contribution in [0.15, 0.2) is 6.20 Å². The predicted molar refractivity (Wildman–Crippen MR) is 61.1 cm³/mol. The molecule has 1 heterocycles. The first-order valence-electron chi connectivity index (χ1n) is 4.61. The minimum Gasteiger partial charge on any atom is -0.385 e. The van der Waals surface area contributed by atoms with E-state index in [0.717, 1.165) is 17.9 Å². The molecule has 1 aromatic rings. The molecule has 4 heteroatoms. The minimum atomic E-state index is 0.697. The van der Waals surface area contributed by atoms with E-state index in [9.17, 15) is 4.79 Å². The van der Waals surface area contributed by atoms with Crippen LogP contribution in [0.3, 0.4) is 0 Å². The maximum Gasteiger partial charge on any atom is 0.161 e. The fourth-order valence-electron chi connectivity index (χ4n) is 0.432. The van der Waals surface area contributed by atoms with Crippen LogP contribution in [0.5, 0.6) is 0 Å². The second-order valence-electron chi connectivity index (χ2n) is 1.98. The summed E-state index contributed by atoms with van der Waals surface area (Å²) in [6, 6.07) is 0. The Bertz CT molecular complexity index is 222. The van der Waals surface area contributed by atoms with Crippen LogP contribution in [0.4, 0.5) is 0 Å². The Morgan fingerprint density at radius 1 is 1.57 bits per heavy atom. The standard InChI is InChI=1S/C5H5NOS.C3H8O.C2H6/c1-4-6-2-5(3-7)8-4;1-3-4-2;1-2/h2-3H,1H3;3H2,1-2H3;1-2H3. The highest BCUT2D eigenvalue weighted by Gasteiger charge is 1.91. The van der Waals surface area contributed by atoms with E-state index in [-0.39, 0.29) is 0 Å². The van der Waals surface area contributed by atoms with E-state index in [1.54, 1.807) is 13.3 Å². The summed E-state index contributed by atoms with van der Waals surface area (Å²) in [5, 5.41) is 0.937. The molecule has 0 atom stereocenters. The Morgan fingerprint density at radius 2 is 2.07 bits per heavy atom. The number of rotatable bonds is 2. The number of nitrogens with zero attached hydrogens (tertiary/aromatic N) is 1. The van der Waals surface area contributed by atoms with E-state index in [0.29, 0.717) is 4.88 Å². The fourth-order valence-corrected chi connectivity index (χ4v) is 1.03. The molecule has 0 saturated carbocycles. The maximum atomic E-state index is 9.99. The molecule has 0 aliphatic rings. The van der Waals surface area contributed by atoms with Crippen molar-refractivity contribution in [3.8, 4) is 0 Å². The summed E-state index contributed by atoms with van der Waals surface area (Å²) < 4.78 is 4.54. The van der Waals surface area contributed by atoms with E-state index in [1.165, 1.54) is 11.3 Å². The van der Waals surface area contributed by atoms with Crippen molar-refractivity contribution in [3.05, 3.63) is 16.1 Å². The zero-order chi connectivity index (χ0) is 11.4. The number of aromatic nitrogens is 1. The Morgan fingerprint density at radius 3 is 2.21 bits per heavy atom. The third-order valence-corrected chi connectivity index (χ3v) is 1.88. The SMILES string of the molecule is CC.CCOC.Cc1ncc(C=O)s1. The van der Waals surface area contributed by atoms with E-state index in [2.05, 4.69) is 9.72 Å². The number of methoxy groups -OCH3 is 1. The van der Waals surface area contributed by atoms with Crippen LogP contribution in [0.1, 0.15) is 35.5 Å². The maximum absolute atomic E-state index is 9.99. The quantitative estimate of drug-likeness (QED) is 0.715. The van der Waals surface area contributed by atoms with Crippen LogP contribution < -0.4 is 0 Å². The Kier molecular flexibility index (Phi) is 13.8. The highest BCUT2D eigenvalue weighted by atomic mass is 32.1. The van der Waals surface area contributed by atoms with Gasteiger partial charge in [-0.1, -0.05) is 13.8 Å². The molecule has 82 valence electrons. The van der Waals surface area contributed by atoms with E-state index < -0.39 is 0 Å². The van der Waals surface area contributed by atoms with Crippen LogP contribution >= 0.6 is 11.3 Å². The Hall–Kier alpha value is -0.740. The lowest BCUT2D eigenvalue weighted by Crippen LogP contribution is -1.73. The lowest BCUT2D eigenvalue weighted by Gasteiger charge is -1.76. The normalized spacial score (nSPS) is 7.79. The number of hydrogen-bond donors (Lipinski definition) is 0. The van der Waals surface area contributed by atoms with E-state index >= 15 is 0 Å². The van der Waals surface area contributed by atoms with Gasteiger partial charge in [0.2, 0.25) is 0 Å². The number of aryl methyl sites for hydroxylation is 1. The van der Waals surface area contributed by atoms with Gasteiger partial charge in [0.1, 0.15) is 0 Å². The summed E-state index contributed by atoms with van der Waals surface area (Å²) >= 11 is 1.41. The molecular weight excluding hydrogens is 198 g/mol. The Labute approximate surface area is 90.1 Å². The summed E-state index contributed by atoms with van der Waals surface area (Å²) in [6.07, 6.45) is 2.39. The summed E-state index contributed by atoms with van der Waals surface area (Å²) in [6.45, 7) is 8.65. The van der Waals surface area contributed by atoms with Gasteiger partial charge in [-0.15, -0.1) is 11.3 Å². The van der Waals surface area contributed by atoms with Gasteiger partial charge in [0.05, 0.1) is 9.88 Å². The molecule has 0 spiro atoms. The molecule has 0 unspecified atom stereocenters. The highest BCUT2D eigenvalue weighted by molar-refractivity contribution is 7.13. The smallest absolute Gasteiger partial charge is 0.161 e. The summed E-state index contributed by atoms with van der Waals surface area (Å²) in [5.41, 5.74) is 0. The highest BCUT2D eigenvalue weighted by Crippen LogP contribution is 2.07. The molecule has 0 saturated heterocycles. The minimum absolute atomic E-state index is 0.697. The second-order valence-corrected chi connectivity index (χ2v) is 3.24. The van der Waals surface area contributed by atoms with Crippen molar-refractivity contribution in [2.24, 2.45) is 0 Å². The molecule has 0 N–H and O–H groups in total. The molecule has 0 amide bonds. The first kappa shape index (κ1) is 15.7. The van der Waals surface area contributed by atoms with Gasteiger partial charge < -0.3 is 4.74 Å². The molecule has 0 aliphatic carbocycles. The number of carbonyl (C=O) groups excluding carboxylic acids is 1. The zero-order valence-electron chi connectivity index (χ0n) is 9.53. The number of thiazole rings is 1. The molecule has 0 aromatic carbocycles. The molecule has 1 aromatic heterocycles. The van der Waals surface area contributed by atoms with Crippen molar-refractivity contribution in [1.82, 2.24) is 4.98 Å². The molecule has 14 heavy (non-hydrogen) atoms. The number of carbonyl (C=O) groups is 1. The van der Waals surface area contributed by atoms with Gasteiger partial charge in [-0.05, 0) is 13.8 Å². The average molecular weight is 217 g/mol. The first-order chi connectivity index (χ1) is 6.74. The average Bonchev–Trinajstić information content (AvgIpc) is 2.67. The van der Waals surface area contributed by atoms with Crippen LogP contribution in [0.2, 0.25) is 0 Å². The third-order valence-electron chi connectivity index (χ3n) is 1.04. The van der Waals surface area contributed by atoms with Crippen molar-refractivity contribution in [1.29, 1.82) is 0 Å². The van der Waals surface area contributed by atoms with Crippen molar-refractivity contribution in [2.45, 2.75) is 27.7 Å². The molecule has 0 fully saturated rings. The number of ether oxygens (including phenoxy) is 1. The molecule has 1 rings (SSSR count). The number of aldehydes is 1. The lowest BCUT2D eigenvalue weighted by atomic mass is 10.6. The van der Waals surface area contributed by atoms with Crippen molar-refractivity contribution < 1.29 is 9.53 Å².